The van der Waals surface area contributed by atoms with E-state index in [1.54, 1.807) is 7.05 Å². The van der Waals surface area contributed by atoms with Gasteiger partial charge in [0.1, 0.15) is 5.75 Å². The highest BCUT2D eigenvalue weighted by atomic mass is 32.2. The molecule has 0 unspecified atom stereocenters. The van der Waals surface area contributed by atoms with Crippen molar-refractivity contribution in [2.45, 2.75) is 37.6 Å². The Morgan fingerprint density at radius 1 is 1.29 bits per heavy atom. The molecule has 0 atom stereocenters. The first kappa shape index (κ1) is 17.5. The third-order valence-electron chi connectivity index (χ3n) is 3.56. The van der Waals surface area contributed by atoms with Crippen molar-refractivity contribution in [3.8, 4) is 5.75 Å². The van der Waals surface area contributed by atoms with E-state index in [2.05, 4.69) is 0 Å². The molecule has 0 saturated carbocycles. The summed E-state index contributed by atoms with van der Waals surface area (Å²) in [6.45, 7) is 5.17. The minimum Gasteiger partial charge on any atom is -0.482 e. The Bertz CT molecular complexity index is 592. The third-order valence-corrected chi connectivity index (χ3v) is 5.65. The molecular formula is C14H21NO5S. The van der Waals surface area contributed by atoms with Crippen LogP contribution < -0.4 is 4.74 Å². The van der Waals surface area contributed by atoms with Crippen LogP contribution in [-0.4, -0.2) is 43.0 Å². The Morgan fingerprint density at radius 3 is 2.24 bits per heavy atom. The molecule has 21 heavy (non-hydrogen) atoms. The minimum atomic E-state index is -3.60. The van der Waals surface area contributed by atoms with Gasteiger partial charge in [0, 0.05) is 12.6 Å². The monoisotopic (exact) mass is 315 g/mol. The van der Waals surface area contributed by atoms with Gasteiger partial charge in [0.25, 0.3) is 0 Å². The molecule has 0 radical (unpaired) electrons. The van der Waals surface area contributed by atoms with Crippen LogP contribution in [0.15, 0.2) is 29.2 Å². The Labute approximate surface area is 125 Å². The smallest absolute Gasteiger partial charge is 0.341 e. The second-order valence-corrected chi connectivity index (χ2v) is 7.26. The van der Waals surface area contributed by atoms with E-state index in [0.717, 1.165) is 0 Å². The summed E-state index contributed by atoms with van der Waals surface area (Å²) in [5, 5.41) is 8.52. The normalized spacial score (nSPS) is 12.4. The maximum atomic E-state index is 12.5. The van der Waals surface area contributed by atoms with Crippen LogP contribution in [0.1, 0.15) is 27.2 Å². The van der Waals surface area contributed by atoms with E-state index in [9.17, 15) is 13.2 Å². The summed E-state index contributed by atoms with van der Waals surface area (Å²) in [6, 6.07) is 5.72. The van der Waals surface area contributed by atoms with Gasteiger partial charge < -0.3 is 9.84 Å². The summed E-state index contributed by atoms with van der Waals surface area (Å²) < 4.78 is 31.3. The van der Waals surface area contributed by atoms with Crippen molar-refractivity contribution in [2.24, 2.45) is 0 Å². The van der Waals surface area contributed by atoms with Gasteiger partial charge in [0.05, 0.1) is 4.90 Å². The number of rotatable bonds is 7. The van der Waals surface area contributed by atoms with Gasteiger partial charge in [-0.25, -0.2) is 13.2 Å². The van der Waals surface area contributed by atoms with Crippen molar-refractivity contribution in [3.63, 3.8) is 0 Å². The lowest BCUT2D eigenvalue weighted by Crippen LogP contribution is -2.44. The Kier molecular flexibility index (Phi) is 5.36. The van der Waals surface area contributed by atoms with E-state index in [4.69, 9.17) is 9.84 Å². The van der Waals surface area contributed by atoms with Crippen molar-refractivity contribution < 1.29 is 23.1 Å². The molecule has 0 saturated heterocycles. The number of benzene rings is 1. The molecular weight excluding hydrogens is 294 g/mol. The molecule has 0 aliphatic heterocycles. The molecule has 1 aromatic rings. The summed E-state index contributed by atoms with van der Waals surface area (Å²) in [7, 11) is -2.05. The van der Waals surface area contributed by atoms with Crippen LogP contribution in [0.25, 0.3) is 0 Å². The molecule has 0 spiro atoms. The number of sulfonamides is 1. The van der Waals surface area contributed by atoms with E-state index in [-0.39, 0.29) is 4.90 Å². The van der Waals surface area contributed by atoms with Gasteiger partial charge in [-0.05, 0) is 44.5 Å². The highest BCUT2D eigenvalue weighted by molar-refractivity contribution is 7.89. The topological polar surface area (TPSA) is 83.9 Å². The van der Waals surface area contributed by atoms with Gasteiger partial charge in [-0.2, -0.15) is 4.31 Å². The quantitative estimate of drug-likeness (QED) is 0.831. The molecule has 0 aromatic heterocycles. The number of carboxylic acid groups (broad SMARTS) is 1. The third kappa shape index (κ3) is 4.18. The Balaban J connectivity index is 2.97. The van der Waals surface area contributed by atoms with Gasteiger partial charge in [0.15, 0.2) is 6.61 Å². The standard InChI is InChI=1S/C14H21NO5S/c1-5-14(2,3)15(4)21(18,19)12-8-6-11(7-9-12)20-10-13(16)17/h6-9H,5,10H2,1-4H3,(H,16,17). The summed E-state index contributed by atoms with van der Waals surface area (Å²) in [5.41, 5.74) is -0.489. The average Bonchev–Trinajstić information content (AvgIpc) is 2.44. The molecule has 1 rings (SSSR count). The highest BCUT2D eigenvalue weighted by Crippen LogP contribution is 2.26. The highest BCUT2D eigenvalue weighted by Gasteiger charge is 2.32. The second-order valence-electron chi connectivity index (χ2n) is 5.29. The zero-order valence-corrected chi connectivity index (χ0v) is 13.5. The minimum absolute atomic E-state index is 0.147. The number of nitrogens with zero attached hydrogens (tertiary/aromatic N) is 1. The first-order chi connectivity index (χ1) is 9.61. The number of hydrogen-bond donors (Lipinski definition) is 1. The maximum absolute atomic E-state index is 12.5. The molecule has 1 aromatic carbocycles. The number of carboxylic acids is 1. The maximum Gasteiger partial charge on any atom is 0.341 e. The van der Waals surface area contributed by atoms with Crippen LogP contribution in [0, 0.1) is 0 Å². The van der Waals surface area contributed by atoms with Gasteiger partial charge >= 0.3 is 5.97 Å². The van der Waals surface area contributed by atoms with Crippen molar-refractivity contribution in [3.05, 3.63) is 24.3 Å². The Morgan fingerprint density at radius 2 is 1.81 bits per heavy atom. The first-order valence-corrected chi connectivity index (χ1v) is 7.99. The van der Waals surface area contributed by atoms with Crippen LogP contribution in [0.5, 0.6) is 5.75 Å². The van der Waals surface area contributed by atoms with Crippen LogP contribution in [-0.2, 0) is 14.8 Å². The summed E-state index contributed by atoms with van der Waals surface area (Å²) >= 11 is 0. The van der Waals surface area contributed by atoms with E-state index >= 15 is 0 Å². The summed E-state index contributed by atoms with van der Waals surface area (Å²) in [6.07, 6.45) is 0.683. The predicted octanol–water partition coefficient (Wildman–Crippen LogP) is 1.96. The molecule has 0 fully saturated rings. The zero-order chi connectivity index (χ0) is 16.3. The van der Waals surface area contributed by atoms with Crippen molar-refractivity contribution in [2.75, 3.05) is 13.7 Å². The van der Waals surface area contributed by atoms with Gasteiger partial charge in [-0.15, -0.1) is 0 Å². The SMILES string of the molecule is CCC(C)(C)N(C)S(=O)(=O)c1ccc(OCC(=O)O)cc1. The molecule has 0 bridgehead atoms. The average molecular weight is 315 g/mol. The van der Waals surface area contributed by atoms with Crippen LogP contribution in [0.3, 0.4) is 0 Å². The van der Waals surface area contributed by atoms with Gasteiger partial charge in [-0.3, -0.25) is 0 Å². The number of hydrogen-bond acceptors (Lipinski definition) is 4. The van der Waals surface area contributed by atoms with Crippen LogP contribution in [0.4, 0.5) is 0 Å². The van der Waals surface area contributed by atoms with E-state index in [1.165, 1.54) is 28.6 Å². The number of carbonyl (C=O) groups is 1. The van der Waals surface area contributed by atoms with E-state index in [1.807, 2.05) is 20.8 Å². The Hall–Kier alpha value is -1.60. The summed E-state index contributed by atoms with van der Waals surface area (Å²) in [5.74, 6) is -0.773. The van der Waals surface area contributed by atoms with Crippen molar-refractivity contribution >= 4 is 16.0 Å². The molecule has 7 heteroatoms. The number of aliphatic carboxylic acids is 1. The molecule has 0 heterocycles. The fourth-order valence-corrected chi connectivity index (χ4v) is 3.14. The zero-order valence-electron chi connectivity index (χ0n) is 12.7. The molecule has 0 aliphatic carbocycles. The van der Waals surface area contributed by atoms with Gasteiger partial charge in [0.2, 0.25) is 10.0 Å². The number of ether oxygens (including phenoxy) is 1. The lowest BCUT2D eigenvalue weighted by atomic mass is 10.0. The first-order valence-electron chi connectivity index (χ1n) is 6.55. The fourth-order valence-electron chi connectivity index (χ4n) is 1.56. The largest absolute Gasteiger partial charge is 0.482 e. The molecule has 0 amide bonds. The molecule has 1 N–H and O–H groups in total. The lowest BCUT2D eigenvalue weighted by Gasteiger charge is -2.33. The van der Waals surface area contributed by atoms with Gasteiger partial charge in [-0.1, -0.05) is 6.92 Å². The van der Waals surface area contributed by atoms with Crippen LogP contribution in [0.2, 0.25) is 0 Å². The predicted molar refractivity (Wildman–Crippen MR) is 78.9 cm³/mol. The van der Waals surface area contributed by atoms with E-state index in [0.29, 0.717) is 12.2 Å². The fraction of sp³-hybridized carbons (Fsp3) is 0.500. The van der Waals surface area contributed by atoms with Crippen LogP contribution >= 0.6 is 0 Å². The lowest BCUT2D eigenvalue weighted by molar-refractivity contribution is -0.139. The molecule has 118 valence electrons. The van der Waals surface area contributed by atoms with Crippen molar-refractivity contribution in [1.29, 1.82) is 0 Å². The van der Waals surface area contributed by atoms with E-state index < -0.39 is 28.1 Å². The second kappa shape index (κ2) is 6.44. The van der Waals surface area contributed by atoms with Crippen molar-refractivity contribution in [1.82, 2.24) is 4.31 Å². The summed E-state index contributed by atoms with van der Waals surface area (Å²) in [4.78, 5) is 10.6. The molecule has 6 nitrogen and oxygen atoms in total. The molecule has 0 aliphatic rings.